The Labute approximate surface area is 122 Å². The van der Waals surface area contributed by atoms with Gasteiger partial charge in [-0.05, 0) is 18.8 Å². The molecule has 1 saturated heterocycles. The number of amides is 2. The van der Waals surface area contributed by atoms with Gasteiger partial charge in [0.1, 0.15) is 0 Å². The maximum atomic E-state index is 12.2. The Kier molecular flexibility index (Phi) is 5.57. The molecule has 0 aromatic rings. The SMILES string of the molecule is CC(C)[C@H](N)C(=O)NC1CCN(C(=O)C(C)(C)C)CC1. The van der Waals surface area contributed by atoms with E-state index < -0.39 is 6.04 Å². The number of carbonyl (C=O) groups is 2. The van der Waals surface area contributed by atoms with Crippen LogP contribution >= 0.6 is 0 Å². The van der Waals surface area contributed by atoms with Crippen LogP contribution < -0.4 is 11.1 Å². The Balaban J connectivity index is 2.43. The van der Waals surface area contributed by atoms with Gasteiger partial charge in [-0.15, -0.1) is 0 Å². The molecule has 1 heterocycles. The smallest absolute Gasteiger partial charge is 0.237 e. The summed E-state index contributed by atoms with van der Waals surface area (Å²) in [5.41, 5.74) is 5.50. The van der Waals surface area contributed by atoms with Gasteiger partial charge >= 0.3 is 0 Å². The van der Waals surface area contributed by atoms with Crippen LogP contribution in [0.15, 0.2) is 0 Å². The quantitative estimate of drug-likeness (QED) is 0.815. The Hall–Kier alpha value is -1.10. The molecule has 116 valence electrons. The van der Waals surface area contributed by atoms with Gasteiger partial charge in [0, 0.05) is 24.5 Å². The van der Waals surface area contributed by atoms with Crippen LogP contribution in [0.3, 0.4) is 0 Å². The average molecular weight is 283 g/mol. The largest absolute Gasteiger partial charge is 0.352 e. The Morgan fingerprint density at radius 3 is 2.10 bits per heavy atom. The summed E-state index contributed by atoms with van der Waals surface area (Å²) in [5.74, 6) is 0.235. The summed E-state index contributed by atoms with van der Waals surface area (Å²) in [5, 5.41) is 3.00. The maximum Gasteiger partial charge on any atom is 0.237 e. The molecular weight excluding hydrogens is 254 g/mol. The standard InChI is InChI=1S/C15H29N3O2/c1-10(2)12(16)13(19)17-11-6-8-18(9-7-11)14(20)15(3,4)5/h10-12H,6-9,16H2,1-5H3,(H,17,19)/t12-/m0/s1. The summed E-state index contributed by atoms with van der Waals surface area (Å²) in [6.45, 7) is 11.1. The second-order valence-electron chi connectivity index (χ2n) is 7.09. The molecule has 1 atom stereocenters. The van der Waals surface area contributed by atoms with Gasteiger partial charge in [-0.3, -0.25) is 9.59 Å². The van der Waals surface area contributed by atoms with Crippen molar-refractivity contribution >= 4 is 11.8 Å². The van der Waals surface area contributed by atoms with Crippen LogP contribution in [-0.2, 0) is 9.59 Å². The maximum absolute atomic E-state index is 12.2. The van der Waals surface area contributed by atoms with Gasteiger partial charge in [-0.25, -0.2) is 0 Å². The molecule has 1 aliphatic heterocycles. The van der Waals surface area contributed by atoms with Gasteiger partial charge < -0.3 is 16.0 Å². The summed E-state index contributed by atoms with van der Waals surface area (Å²) in [7, 11) is 0. The molecule has 3 N–H and O–H groups in total. The van der Waals surface area contributed by atoms with E-state index in [1.165, 1.54) is 0 Å². The fourth-order valence-corrected chi connectivity index (χ4v) is 2.30. The van der Waals surface area contributed by atoms with E-state index in [1.54, 1.807) is 0 Å². The summed E-state index contributed by atoms with van der Waals surface area (Å²) in [6.07, 6.45) is 1.61. The van der Waals surface area contributed by atoms with Crippen LogP contribution in [-0.4, -0.2) is 41.9 Å². The van der Waals surface area contributed by atoms with Gasteiger partial charge in [-0.1, -0.05) is 34.6 Å². The molecule has 5 heteroatoms. The zero-order valence-corrected chi connectivity index (χ0v) is 13.4. The molecule has 0 aliphatic carbocycles. The molecule has 0 spiro atoms. The lowest BCUT2D eigenvalue weighted by atomic mass is 9.93. The van der Waals surface area contributed by atoms with Crippen LogP contribution in [0.5, 0.6) is 0 Å². The molecule has 0 bridgehead atoms. The van der Waals surface area contributed by atoms with Crippen molar-refractivity contribution in [2.24, 2.45) is 17.1 Å². The second kappa shape index (κ2) is 6.57. The van der Waals surface area contributed by atoms with Crippen LogP contribution in [0.25, 0.3) is 0 Å². The van der Waals surface area contributed by atoms with Crippen molar-refractivity contribution in [3.05, 3.63) is 0 Å². The van der Waals surface area contributed by atoms with E-state index in [1.807, 2.05) is 39.5 Å². The monoisotopic (exact) mass is 283 g/mol. The molecule has 20 heavy (non-hydrogen) atoms. The predicted molar refractivity (Wildman–Crippen MR) is 80.0 cm³/mol. The normalized spacial score (nSPS) is 19.1. The molecule has 1 aliphatic rings. The minimum atomic E-state index is -0.454. The molecule has 0 aromatic heterocycles. The van der Waals surface area contributed by atoms with Crippen molar-refractivity contribution in [2.75, 3.05) is 13.1 Å². The van der Waals surface area contributed by atoms with Crippen molar-refractivity contribution < 1.29 is 9.59 Å². The van der Waals surface area contributed by atoms with E-state index in [4.69, 9.17) is 5.73 Å². The third-order valence-electron chi connectivity index (χ3n) is 3.79. The highest BCUT2D eigenvalue weighted by Gasteiger charge is 2.31. The topological polar surface area (TPSA) is 75.4 Å². The number of piperidine rings is 1. The number of hydrogen-bond donors (Lipinski definition) is 2. The number of rotatable bonds is 3. The first-order valence-electron chi connectivity index (χ1n) is 7.48. The molecule has 5 nitrogen and oxygen atoms in total. The highest BCUT2D eigenvalue weighted by Crippen LogP contribution is 2.21. The number of nitrogens with two attached hydrogens (primary N) is 1. The molecule has 0 saturated carbocycles. The van der Waals surface area contributed by atoms with Crippen LogP contribution in [0.2, 0.25) is 0 Å². The first-order valence-corrected chi connectivity index (χ1v) is 7.48. The number of carbonyl (C=O) groups excluding carboxylic acids is 2. The molecule has 2 amide bonds. The first-order chi connectivity index (χ1) is 9.12. The summed E-state index contributed by atoms with van der Waals surface area (Å²) >= 11 is 0. The van der Waals surface area contributed by atoms with Crippen molar-refractivity contribution in [1.29, 1.82) is 0 Å². The van der Waals surface area contributed by atoms with Crippen molar-refractivity contribution in [2.45, 2.75) is 59.5 Å². The lowest BCUT2D eigenvalue weighted by molar-refractivity contribution is -0.140. The zero-order valence-electron chi connectivity index (χ0n) is 13.4. The summed E-state index contributed by atoms with van der Waals surface area (Å²) < 4.78 is 0. The fraction of sp³-hybridized carbons (Fsp3) is 0.867. The average Bonchev–Trinajstić information content (AvgIpc) is 2.36. The molecular formula is C15H29N3O2. The number of nitrogens with one attached hydrogen (secondary N) is 1. The Bertz CT molecular complexity index is 353. The molecule has 0 aromatic carbocycles. The van der Waals surface area contributed by atoms with Gasteiger partial charge in [0.25, 0.3) is 0 Å². The van der Waals surface area contributed by atoms with E-state index in [0.29, 0.717) is 13.1 Å². The van der Waals surface area contributed by atoms with Gasteiger partial charge in [0.2, 0.25) is 11.8 Å². The van der Waals surface area contributed by atoms with Crippen molar-refractivity contribution in [1.82, 2.24) is 10.2 Å². The van der Waals surface area contributed by atoms with Crippen LogP contribution in [0.4, 0.5) is 0 Å². The third-order valence-corrected chi connectivity index (χ3v) is 3.79. The van der Waals surface area contributed by atoms with Crippen LogP contribution in [0.1, 0.15) is 47.5 Å². The lowest BCUT2D eigenvalue weighted by Crippen LogP contribution is -2.52. The minimum Gasteiger partial charge on any atom is -0.352 e. The zero-order chi connectivity index (χ0) is 15.5. The van der Waals surface area contributed by atoms with Crippen LogP contribution in [0, 0.1) is 11.3 Å². The molecule has 1 fully saturated rings. The number of likely N-dealkylation sites (tertiary alicyclic amines) is 1. The van der Waals surface area contributed by atoms with Gasteiger partial charge in [0.15, 0.2) is 0 Å². The van der Waals surface area contributed by atoms with E-state index >= 15 is 0 Å². The molecule has 1 rings (SSSR count). The molecule has 0 radical (unpaired) electrons. The van der Waals surface area contributed by atoms with E-state index in [2.05, 4.69) is 5.32 Å². The second-order valence-corrected chi connectivity index (χ2v) is 7.09. The van der Waals surface area contributed by atoms with Gasteiger partial charge in [0.05, 0.1) is 6.04 Å². The van der Waals surface area contributed by atoms with E-state index in [-0.39, 0.29) is 29.2 Å². The summed E-state index contributed by atoms with van der Waals surface area (Å²) in [4.78, 5) is 26.0. The Morgan fingerprint density at radius 1 is 1.20 bits per heavy atom. The fourth-order valence-electron chi connectivity index (χ4n) is 2.30. The highest BCUT2D eigenvalue weighted by molar-refractivity contribution is 5.82. The number of nitrogens with zero attached hydrogens (tertiary/aromatic N) is 1. The highest BCUT2D eigenvalue weighted by atomic mass is 16.2. The predicted octanol–water partition coefficient (Wildman–Crippen LogP) is 1.12. The summed E-state index contributed by atoms with van der Waals surface area (Å²) in [6, 6.07) is -0.319. The minimum absolute atomic E-state index is 0.0828. The van der Waals surface area contributed by atoms with Gasteiger partial charge in [-0.2, -0.15) is 0 Å². The van der Waals surface area contributed by atoms with Crippen molar-refractivity contribution in [3.63, 3.8) is 0 Å². The Morgan fingerprint density at radius 2 is 1.70 bits per heavy atom. The van der Waals surface area contributed by atoms with Crippen molar-refractivity contribution in [3.8, 4) is 0 Å². The first kappa shape index (κ1) is 17.0. The lowest BCUT2D eigenvalue weighted by Gasteiger charge is -2.36. The third kappa shape index (κ3) is 4.47. The number of hydrogen-bond acceptors (Lipinski definition) is 3. The van der Waals surface area contributed by atoms with E-state index in [9.17, 15) is 9.59 Å². The molecule has 0 unspecified atom stereocenters. The van der Waals surface area contributed by atoms with E-state index in [0.717, 1.165) is 12.8 Å².